The van der Waals surface area contributed by atoms with E-state index in [1.54, 1.807) is 7.11 Å². The lowest BCUT2D eigenvalue weighted by atomic mass is 10.1. The minimum atomic E-state index is 0.0186. The van der Waals surface area contributed by atoms with Crippen molar-refractivity contribution in [3.05, 3.63) is 36.7 Å². The van der Waals surface area contributed by atoms with E-state index in [-0.39, 0.29) is 5.54 Å². The Bertz CT molecular complexity index is 492. The molecule has 0 aliphatic heterocycles. The lowest BCUT2D eigenvalue weighted by Gasteiger charge is -2.18. The van der Waals surface area contributed by atoms with Gasteiger partial charge < -0.3 is 4.74 Å². The summed E-state index contributed by atoms with van der Waals surface area (Å²) in [5.74, 6) is 0.872. The van der Waals surface area contributed by atoms with Gasteiger partial charge in [0.2, 0.25) is 0 Å². The van der Waals surface area contributed by atoms with Crippen LogP contribution >= 0.6 is 0 Å². The van der Waals surface area contributed by atoms with Crippen molar-refractivity contribution in [2.75, 3.05) is 7.11 Å². The van der Waals surface area contributed by atoms with E-state index in [0.29, 0.717) is 0 Å². The van der Waals surface area contributed by atoms with E-state index in [1.807, 2.05) is 35.1 Å². The van der Waals surface area contributed by atoms with Crippen LogP contribution in [0.5, 0.6) is 5.75 Å². The maximum atomic E-state index is 5.14. The summed E-state index contributed by atoms with van der Waals surface area (Å²) in [6.07, 6.45) is 3.97. The molecule has 1 aromatic carbocycles. The largest absolute Gasteiger partial charge is 0.497 e. The predicted octanol–water partition coefficient (Wildman–Crippen LogP) is 3.31. The molecule has 0 N–H and O–H groups in total. The van der Waals surface area contributed by atoms with Crippen molar-refractivity contribution in [2.45, 2.75) is 26.3 Å². The fourth-order valence-electron chi connectivity index (χ4n) is 1.62. The van der Waals surface area contributed by atoms with Crippen LogP contribution < -0.4 is 4.74 Å². The number of nitrogens with zero attached hydrogens (tertiary/aromatic N) is 2. The summed E-state index contributed by atoms with van der Waals surface area (Å²) in [7, 11) is 1.67. The van der Waals surface area contributed by atoms with Crippen molar-refractivity contribution in [1.82, 2.24) is 9.78 Å². The Balaban J connectivity index is 2.30. The molecule has 3 heteroatoms. The van der Waals surface area contributed by atoms with Gasteiger partial charge in [-0.3, -0.25) is 4.68 Å². The van der Waals surface area contributed by atoms with E-state index in [0.717, 1.165) is 16.9 Å². The van der Waals surface area contributed by atoms with Crippen LogP contribution in [-0.4, -0.2) is 16.9 Å². The lowest BCUT2D eigenvalue weighted by molar-refractivity contribution is 0.355. The molecule has 0 unspecified atom stereocenters. The van der Waals surface area contributed by atoms with Gasteiger partial charge in [-0.2, -0.15) is 5.10 Å². The van der Waals surface area contributed by atoms with Gasteiger partial charge in [0.05, 0.1) is 18.8 Å². The van der Waals surface area contributed by atoms with E-state index < -0.39 is 0 Å². The molecule has 0 atom stereocenters. The van der Waals surface area contributed by atoms with Crippen LogP contribution in [0.1, 0.15) is 20.8 Å². The average Bonchev–Trinajstić information content (AvgIpc) is 2.78. The normalized spacial score (nSPS) is 11.5. The van der Waals surface area contributed by atoms with Crippen molar-refractivity contribution in [3.63, 3.8) is 0 Å². The van der Waals surface area contributed by atoms with Gasteiger partial charge >= 0.3 is 0 Å². The standard InChI is InChI=1S/C14H18N2O/c1-14(2,3)16-10-12(9-15-16)11-5-7-13(17-4)8-6-11/h5-10H,1-4H3. The molecule has 0 aliphatic rings. The molecular formula is C14H18N2O. The molecule has 0 saturated carbocycles. The van der Waals surface area contributed by atoms with E-state index in [1.165, 1.54) is 0 Å². The number of aromatic nitrogens is 2. The highest BCUT2D eigenvalue weighted by Gasteiger charge is 2.14. The molecular weight excluding hydrogens is 212 g/mol. The fraction of sp³-hybridized carbons (Fsp3) is 0.357. The van der Waals surface area contributed by atoms with Gasteiger partial charge in [0.15, 0.2) is 0 Å². The third-order valence-electron chi connectivity index (χ3n) is 2.69. The predicted molar refractivity (Wildman–Crippen MR) is 69.2 cm³/mol. The third kappa shape index (κ3) is 2.49. The van der Waals surface area contributed by atoms with Gasteiger partial charge in [-0.25, -0.2) is 0 Å². The van der Waals surface area contributed by atoms with Crippen LogP contribution in [0.2, 0.25) is 0 Å². The van der Waals surface area contributed by atoms with E-state index in [9.17, 15) is 0 Å². The summed E-state index contributed by atoms with van der Waals surface area (Å²) < 4.78 is 7.12. The van der Waals surface area contributed by atoms with Crippen molar-refractivity contribution in [2.24, 2.45) is 0 Å². The molecule has 0 bridgehead atoms. The maximum absolute atomic E-state index is 5.14. The Morgan fingerprint density at radius 2 is 1.71 bits per heavy atom. The van der Waals surface area contributed by atoms with Crippen LogP contribution in [0.15, 0.2) is 36.7 Å². The van der Waals surface area contributed by atoms with Gasteiger partial charge in [0, 0.05) is 11.8 Å². The zero-order valence-electron chi connectivity index (χ0n) is 10.8. The van der Waals surface area contributed by atoms with Crippen LogP contribution in [0, 0.1) is 0 Å². The first-order chi connectivity index (χ1) is 8.00. The molecule has 0 saturated heterocycles. The summed E-state index contributed by atoms with van der Waals surface area (Å²) in [5.41, 5.74) is 2.30. The van der Waals surface area contributed by atoms with Crippen molar-refractivity contribution in [1.29, 1.82) is 0 Å². The molecule has 3 nitrogen and oxygen atoms in total. The minimum absolute atomic E-state index is 0.0186. The first kappa shape index (κ1) is 11.7. The smallest absolute Gasteiger partial charge is 0.118 e. The zero-order chi connectivity index (χ0) is 12.5. The highest BCUT2D eigenvalue weighted by atomic mass is 16.5. The maximum Gasteiger partial charge on any atom is 0.118 e. The monoisotopic (exact) mass is 230 g/mol. The lowest BCUT2D eigenvalue weighted by Crippen LogP contribution is -2.21. The Morgan fingerprint density at radius 1 is 1.06 bits per heavy atom. The van der Waals surface area contributed by atoms with E-state index in [2.05, 4.69) is 32.1 Å². The summed E-state index contributed by atoms with van der Waals surface area (Å²) in [5, 5.41) is 4.39. The van der Waals surface area contributed by atoms with Crippen molar-refractivity contribution < 1.29 is 4.74 Å². The minimum Gasteiger partial charge on any atom is -0.497 e. The average molecular weight is 230 g/mol. The summed E-state index contributed by atoms with van der Waals surface area (Å²) in [4.78, 5) is 0. The number of methoxy groups -OCH3 is 1. The summed E-state index contributed by atoms with van der Waals surface area (Å²) >= 11 is 0. The quantitative estimate of drug-likeness (QED) is 0.791. The molecule has 90 valence electrons. The van der Waals surface area contributed by atoms with Gasteiger partial charge in [0.25, 0.3) is 0 Å². The molecule has 1 heterocycles. The van der Waals surface area contributed by atoms with Gasteiger partial charge in [0.1, 0.15) is 5.75 Å². The zero-order valence-corrected chi connectivity index (χ0v) is 10.8. The molecule has 0 amide bonds. The van der Waals surface area contributed by atoms with Crippen LogP contribution in [0.4, 0.5) is 0 Å². The number of hydrogen-bond donors (Lipinski definition) is 0. The van der Waals surface area contributed by atoms with Crippen LogP contribution in [0.25, 0.3) is 11.1 Å². The topological polar surface area (TPSA) is 27.1 Å². The Hall–Kier alpha value is -1.77. The summed E-state index contributed by atoms with van der Waals surface area (Å²) in [6.45, 7) is 6.41. The van der Waals surface area contributed by atoms with Gasteiger partial charge in [-0.1, -0.05) is 12.1 Å². The van der Waals surface area contributed by atoms with Crippen molar-refractivity contribution in [3.8, 4) is 16.9 Å². The molecule has 1 aromatic heterocycles. The number of benzene rings is 1. The third-order valence-corrected chi connectivity index (χ3v) is 2.69. The number of hydrogen-bond acceptors (Lipinski definition) is 2. The number of ether oxygens (including phenoxy) is 1. The second-order valence-electron chi connectivity index (χ2n) is 5.07. The van der Waals surface area contributed by atoms with Crippen molar-refractivity contribution >= 4 is 0 Å². The molecule has 0 radical (unpaired) electrons. The second-order valence-corrected chi connectivity index (χ2v) is 5.07. The molecule has 0 spiro atoms. The fourth-order valence-corrected chi connectivity index (χ4v) is 1.62. The van der Waals surface area contributed by atoms with E-state index >= 15 is 0 Å². The van der Waals surface area contributed by atoms with Gasteiger partial charge in [-0.05, 0) is 38.5 Å². The molecule has 17 heavy (non-hydrogen) atoms. The van der Waals surface area contributed by atoms with Crippen LogP contribution in [0.3, 0.4) is 0 Å². The summed E-state index contributed by atoms with van der Waals surface area (Å²) in [6, 6.07) is 8.01. The van der Waals surface area contributed by atoms with E-state index in [4.69, 9.17) is 4.74 Å². The number of rotatable bonds is 2. The first-order valence-corrected chi connectivity index (χ1v) is 5.70. The highest BCUT2D eigenvalue weighted by Crippen LogP contribution is 2.23. The Labute approximate surface area is 102 Å². The molecule has 2 aromatic rings. The molecule has 2 rings (SSSR count). The highest BCUT2D eigenvalue weighted by molar-refractivity contribution is 5.62. The Morgan fingerprint density at radius 3 is 2.18 bits per heavy atom. The molecule has 0 fully saturated rings. The van der Waals surface area contributed by atoms with Crippen LogP contribution in [-0.2, 0) is 5.54 Å². The SMILES string of the molecule is COc1ccc(-c2cnn(C(C)(C)C)c2)cc1. The van der Waals surface area contributed by atoms with Gasteiger partial charge in [-0.15, -0.1) is 0 Å². The Kier molecular flexibility index (Phi) is 2.92. The second kappa shape index (κ2) is 4.24. The molecule has 0 aliphatic carbocycles. The first-order valence-electron chi connectivity index (χ1n) is 5.70.